The normalized spacial score (nSPS) is 23.4. The maximum atomic E-state index is 14.8. The van der Waals surface area contributed by atoms with Gasteiger partial charge in [-0.1, -0.05) is 36.4 Å². The van der Waals surface area contributed by atoms with Gasteiger partial charge in [0.15, 0.2) is 5.82 Å². The average Bonchev–Trinajstić information content (AvgIpc) is 3.94. The van der Waals surface area contributed by atoms with E-state index in [0.717, 1.165) is 57.5 Å². The van der Waals surface area contributed by atoms with Crippen LogP contribution in [0.15, 0.2) is 73.1 Å². The number of halogens is 1. The summed E-state index contributed by atoms with van der Waals surface area (Å²) in [5, 5.41) is 20.6. The highest BCUT2D eigenvalue weighted by molar-refractivity contribution is 6.01. The highest BCUT2D eigenvalue weighted by Crippen LogP contribution is 2.49. The van der Waals surface area contributed by atoms with Crippen LogP contribution >= 0.6 is 0 Å². The quantitative estimate of drug-likeness (QED) is 0.113. The van der Waals surface area contributed by atoms with Crippen molar-refractivity contribution in [2.45, 2.75) is 114 Å². The third kappa shape index (κ3) is 8.61. The van der Waals surface area contributed by atoms with Crippen LogP contribution in [0.5, 0.6) is 0 Å². The van der Waals surface area contributed by atoms with Crippen molar-refractivity contribution in [3.8, 4) is 11.3 Å². The number of imidazole rings is 1. The molecule has 6 aliphatic rings. The minimum atomic E-state index is -0.827. The third-order valence-electron chi connectivity index (χ3n) is 16.6. The lowest BCUT2D eigenvalue weighted by atomic mass is 9.72. The number of imide groups is 1. The number of carbonyl (C=O) groups is 5. The van der Waals surface area contributed by atoms with E-state index in [4.69, 9.17) is 4.98 Å². The predicted molar refractivity (Wildman–Crippen MR) is 267 cm³/mol. The zero-order valence-electron chi connectivity index (χ0n) is 40.5. The number of aliphatic hydroxyl groups excluding tert-OH is 1. The Labute approximate surface area is 412 Å². The van der Waals surface area contributed by atoms with Crippen LogP contribution in [-0.2, 0) is 35.8 Å². The summed E-state index contributed by atoms with van der Waals surface area (Å²) in [6.45, 7) is 6.89. The summed E-state index contributed by atoms with van der Waals surface area (Å²) in [5.74, 6) is -0.832. The number of pyridine rings is 1. The molecule has 5 aliphatic heterocycles. The van der Waals surface area contributed by atoms with Gasteiger partial charge in [-0.3, -0.25) is 29.3 Å². The van der Waals surface area contributed by atoms with Crippen LogP contribution in [0.25, 0.3) is 22.3 Å². The van der Waals surface area contributed by atoms with Gasteiger partial charge in [-0.2, -0.15) is 0 Å². The van der Waals surface area contributed by atoms with Crippen molar-refractivity contribution in [2.24, 2.45) is 17.8 Å². The van der Waals surface area contributed by atoms with E-state index in [0.29, 0.717) is 114 Å². The van der Waals surface area contributed by atoms with Crippen LogP contribution in [-0.4, -0.2) is 97.9 Å². The first-order chi connectivity index (χ1) is 34.3. The largest absolute Gasteiger partial charge is 0.373 e. The molecule has 7 heterocycles. The van der Waals surface area contributed by atoms with E-state index >= 15 is 0 Å². The van der Waals surface area contributed by atoms with Crippen molar-refractivity contribution in [2.75, 3.05) is 48.3 Å². The van der Waals surface area contributed by atoms with Gasteiger partial charge in [0.2, 0.25) is 29.5 Å². The number of amides is 5. The lowest BCUT2D eigenvalue weighted by Gasteiger charge is -2.43. The fourth-order valence-corrected chi connectivity index (χ4v) is 12.5. The molecule has 370 valence electrons. The van der Waals surface area contributed by atoms with Gasteiger partial charge in [0.1, 0.15) is 17.6 Å². The smallest absolute Gasteiger partial charge is 0.234 e. The number of aliphatic hydroxyl groups is 1. The highest BCUT2D eigenvalue weighted by atomic mass is 19.1. The Balaban J connectivity index is 0.679. The van der Waals surface area contributed by atoms with Gasteiger partial charge < -0.3 is 35.0 Å². The number of fused-ring (bicyclic) bond motifs is 4. The SMILES string of the molecule is CC(C)n1cnc2cc(-c3ccc4c(c3)NC(O)C43CCN(C(=O)C4CCN(C(=O)[C@H]5CC[C@H](C(=O)N6CCCc7cc(C8CCC(=O)NC8=O)ccc76)CC5)CC4)CC3)nc(Nc3ccccc3F)c21. The van der Waals surface area contributed by atoms with Crippen molar-refractivity contribution in [1.29, 1.82) is 0 Å². The molecule has 1 saturated carbocycles. The number of aryl methyl sites for hydroxylation is 1. The molecule has 2 unspecified atom stereocenters. The molecule has 3 aromatic carbocycles. The molecule has 1 aliphatic carbocycles. The first-order valence-electron chi connectivity index (χ1n) is 25.7. The fourth-order valence-electron chi connectivity index (χ4n) is 12.5. The summed E-state index contributed by atoms with van der Waals surface area (Å²) in [7, 11) is 0. The van der Waals surface area contributed by atoms with Crippen molar-refractivity contribution in [1.82, 2.24) is 29.7 Å². The Bertz CT molecular complexity index is 2930. The maximum absolute atomic E-state index is 14.8. The van der Waals surface area contributed by atoms with Crippen LogP contribution in [0.3, 0.4) is 0 Å². The number of likely N-dealkylation sites (tertiary alicyclic amines) is 2. The molecular formula is C55H62FN9O6. The number of anilines is 4. The number of benzene rings is 3. The van der Waals surface area contributed by atoms with E-state index in [1.54, 1.807) is 24.5 Å². The molecule has 71 heavy (non-hydrogen) atoms. The summed E-state index contributed by atoms with van der Waals surface area (Å²) in [5.41, 5.74) is 7.41. The molecule has 4 fully saturated rings. The molecule has 16 heteroatoms. The Morgan fingerprint density at radius 3 is 2.23 bits per heavy atom. The van der Waals surface area contributed by atoms with Crippen LogP contribution in [0.4, 0.5) is 27.3 Å². The molecule has 0 radical (unpaired) electrons. The number of aromatic nitrogens is 3. The molecule has 0 bridgehead atoms. The monoisotopic (exact) mass is 963 g/mol. The van der Waals surface area contributed by atoms with Crippen LogP contribution in [0.2, 0.25) is 0 Å². The van der Waals surface area contributed by atoms with Gasteiger partial charge >= 0.3 is 0 Å². The fraction of sp³-hybridized carbons (Fsp3) is 0.473. The van der Waals surface area contributed by atoms with Crippen LogP contribution in [0.1, 0.15) is 113 Å². The average molecular weight is 964 g/mol. The Kier molecular flexibility index (Phi) is 12.4. The number of para-hydroxylation sites is 1. The Hall–Kier alpha value is -6.68. The first kappa shape index (κ1) is 46.7. The molecule has 2 aromatic heterocycles. The molecule has 3 saturated heterocycles. The number of hydrogen-bond donors (Lipinski definition) is 4. The lowest BCUT2D eigenvalue weighted by molar-refractivity contribution is -0.144. The number of rotatable bonds is 8. The van der Waals surface area contributed by atoms with E-state index in [2.05, 4.69) is 40.8 Å². The van der Waals surface area contributed by atoms with Gasteiger partial charge in [0, 0.05) is 85.3 Å². The first-order valence-corrected chi connectivity index (χ1v) is 25.7. The van der Waals surface area contributed by atoms with E-state index in [1.807, 2.05) is 55.7 Å². The maximum Gasteiger partial charge on any atom is 0.234 e. The molecule has 2 atom stereocenters. The summed E-state index contributed by atoms with van der Waals surface area (Å²) in [6, 6.07) is 20.5. The van der Waals surface area contributed by atoms with Crippen LogP contribution in [0, 0.1) is 23.6 Å². The Morgan fingerprint density at radius 2 is 1.51 bits per heavy atom. The molecule has 11 rings (SSSR count). The van der Waals surface area contributed by atoms with Gasteiger partial charge in [0.05, 0.1) is 29.1 Å². The summed E-state index contributed by atoms with van der Waals surface area (Å²) < 4.78 is 16.9. The minimum absolute atomic E-state index is 0.101. The highest BCUT2D eigenvalue weighted by Gasteiger charge is 2.49. The number of nitrogens with one attached hydrogen (secondary N) is 3. The topological polar surface area (TPSA) is 182 Å². The van der Waals surface area contributed by atoms with Gasteiger partial charge in [-0.15, -0.1) is 0 Å². The second-order valence-corrected chi connectivity index (χ2v) is 21.0. The Morgan fingerprint density at radius 1 is 0.803 bits per heavy atom. The third-order valence-corrected chi connectivity index (χ3v) is 16.6. The van der Waals surface area contributed by atoms with Gasteiger partial charge in [0.25, 0.3) is 0 Å². The molecular weight excluding hydrogens is 902 g/mol. The summed E-state index contributed by atoms with van der Waals surface area (Å²) in [4.78, 5) is 81.6. The minimum Gasteiger partial charge on any atom is -0.373 e. The second-order valence-electron chi connectivity index (χ2n) is 21.0. The number of piperidine rings is 3. The zero-order chi connectivity index (χ0) is 49.1. The van der Waals surface area contributed by atoms with E-state index in [-0.39, 0.29) is 65.1 Å². The number of hydrogen-bond acceptors (Lipinski definition) is 10. The second kappa shape index (κ2) is 18.8. The van der Waals surface area contributed by atoms with E-state index in [9.17, 15) is 33.5 Å². The van der Waals surface area contributed by atoms with E-state index < -0.39 is 11.6 Å². The molecule has 1 spiro atoms. The van der Waals surface area contributed by atoms with Crippen molar-refractivity contribution in [3.05, 3.63) is 95.6 Å². The van der Waals surface area contributed by atoms with Gasteiger partial charge in [-0.05, 0) is 131 Å². The zero-order valence-corrected chi connectivity index (χ0v) is 40.5. The molecule has 15 nitrogen and oxygen atoms in total. The summed E-state index contributed by atoms with van der Waals surface area (Å²) in [6.07, 6.45) is 8.51. The van der Waals surface area contributed by atoms with Gasteiger partial charge in [-0.25, -0.2) is 14.4 Å². The lowest BCUT2D eigenvalue weighted by Crippen LogP contribution is -2.52. The number of carbonyl (C=O) groups excluding carboxylic acids is 5. The molecule has 4 N–H and O–H groups in total. The summed E-state index contributed by atoms with van der Waals surface area (Å²) >= 11 is 0. The van der Waals surface area contributed by atoms with Crippen molar-refractivity contribution >= 4 is 63.4 Å². The van der Waals surface area contributed by atoms with Crippen LogP contribution < -0.4 is 20.9 Å². The standard InChI is InChI=1S/C55H62FN9O6/c1-32(2)65-31-57-45-30-43(59-49(48(45)65)58-42-8-4-3-7-41(42)56)37-13-16-40-44(29-37)60-54(71)55(40)21-26-63(27-22-55)52(69)35-19-24-62(25-20-35)51(68)33-9-11-34(12-10-33)53(70)64-23-5-6-38-28-36(14-17-46(38)64)39-15-18-47(66)61-50(39)67/h3-4,7-8,13-14,16-17,28-35,39,54,60,71H,5-6,9-12,15,18-27H2,1-2H3,(H,58,59)(H,61,66,67)/t33-,34-,39?,54?. The van der Waals surface area contributed by atoms with E-state index in [1.165, 1.54) is 6.07 Å². The van der Waals surface area contributed by atoms with Crippen molar-refractivity contribution in [3.63, 3.8) is 0 Å². The number of nitrogens with zero attached hydrogens (tertiary/aromatic N) is 6. The van der Waals surface area contributed by atoms with Crippen molar-refractivity contribution < 1.29 is 33.5 Å². The molecule has 5 aromatic rings. The predicted octanol–water partition coefficient (Wildman–Crippen LogP) is 7.71. The molecule has 5 amide bonds.